The third-order valence-electron chi connectivity index (χ3n) is 5.00. The number of nitrogens with zero attached hydrogens (tertiary/aromatic N) is 2. The van der Waals surface area contributed by atoms with Crippen molar-refractivity contribution in [3.63, 3.8) is 0 Å². The zero-order chi connectivity index (χ0) is 21.7. The van der Waals surface area contributed by atoms with Gasteiger partial charge in [0.15, 0.2) is 10.9 Å². The molecule has 1 fully saturated rings. The van der Waals surface area contributed by atoms with Gasteiger partial charge in [0.25, 0.3) is 0 Å². The summed E-state index contributed by atoms with van der Waals surface area (Å²) in [7, 11) is 3.60. The van der Waals surface area contributed by atoms with Gasteiger partial charge < -0.3 is 20.6 Å². The van der Waals surface area contributed by atoms with E-state index in [0.29, 0.717) is 17.2 Å². The topological polar surface area (TPSA) is 77.5 Å². The number of thiazole rings is 1. The van der Waals surface area contributed by atoms with Crippen LogP contribution in [-0.2, 0) is 6.54 Å². The van der Waals surface area contributed by atoms with Gasteiger partial charge in [0, 0.05) is 19.1 Å². The first kappa shape index (κ1) is 22.6. The molecular formula is C21H28F2N4O2S. The predicted molar refractivity (Wildman–Crippen MR) is 115 cm³/mol. The molecule has 3 N–H and O–H groups in total. The van der Waals surface area contributed by atoms with Gasteiger partial charge in [0.2, 0.25) is 5.78 Å². The van der Waals surface area contributed by atoms with Gasteiger partial charge in [-0.15, -0.1) is 0 Å². The van der Waals surface area contributed by atoms with Gasteiger partial charge in [-0.1, -0.05) is 30.6 Å². The summed E-state index contributed by atoms with van der Waals surface area (Å²) in [5.74, 6) is -2.30. The Morgan fingerprint density at radius 3 is 2.50 bits per heavy atom. The molecule has 6 nitrogen and oxygen atoms in total. The fourth-order valence-electron chi connectivity index (χ4n) is 3.66. The van der Waals surface area contributed by atoms with Crippen molar-refractivity contribution in [1.29, 1.82) is 0 Å². The second-order valence-corrected chi connectivity index (χ2v) is 8.83. The van der Waals surface area contributed by atoms with Gasteiger partial charge >= 0.3 is 0 Å². The number of ketones is 1. The monoisotopic (exact) mass is 438 g/mol. The number of carbonyl (C=O) groups is 1. The lowest BCUT2D eigenvalue weighted by atomic mass is 9.96. The van der Waals surface area contributed by atoms with E-state index in [2.05, 4.69) is 15.6 Å². The smallest absolute Gasteiger partial charge is 0.212 e. The van der Waals surface area contributed by atoms with E-state index in [1.807, 2.05) is 0 Å². The molecule has 3 rings (SSSR count). The van der Waals surface area contributed by atoms with Crippen LogP contribution < -0.4 is 10.6 Å². The summed E-state index contributed by atoms with van der Waals surface area (Å²) >= 11 is 1.08. The second-order valence-electron chi connectivity index (χ2n) is 7.83. The van der Waals surface area contributed by atoms with Crippen LogP contribution in [0.1, 0.15) is 52.9 Å². The van der Waals surface area contributed by atoms with Crippen LogP contribution in [0.15, 0.2) is 12.1 Å². The molecule has 0 radical (unpaired) electrons. The first-order chi connectivity index (χ1) is 14.4. The predicted octanol–water partition coefficient (Wildman–Crippen LogP) is 3.86. The maximum absolute atomic E-state index is 14.7. The highest BCUT2D eigenvalue weighted by Gasteiger charge is 2.27. The number of carbonyl (C=O) groups excluding carboxylic acids is 1. The zero-order valence-corrected chi connectivity index (χ0v) is 18.1. The fourth-order valence-corrected chi connectivity index (χ4v) is 4.63. The first-order valence-electron chi connectivity index (χ1n) is 10.2. The summed E-state index contributed by atoms with van der Waals surface area (Å²) in [4.78, 5) is 19.4. The number of anilines is 2. The Labute approximate surface area is 179 Å². The maximum Gasteiger partial charge on any atom is 0.212 e. The Hall–Kier alpha value is -2.10. The molecule has 0 bridgehead atoms. The summed E-state index contributed by atoms with van der Waals surface area (Å²) < 4.78 is 29.4. The molecule has 9 heteroatoms. The lowest BCUT2D eigenvalue weighted by molar-refractivity contribution is 0.103. The summed E-state index contributed by atoms with van der Waals surface area (Å²) in [6.45, 7) is 0.389. The molecule has 0 unspecified atom stereocenters. The van der Waals surface area contributed by atoms with Crippen molar-refractivity contribution in [2.45, 2.75) is 44.7 Å². The van der Waals surface area contributed by atoms with Crippen LogP contribution in [0.25, 0.3) is 0 Å². The molecule has 0 saturated heterocycles. The van der Waals surface area contributed by atoms with Crippen LogP contribution in [0, 0.1) is 11.6 Å². The van der Waals surface area contributed by atoms with E-state index in [1.54, 1.807) is 19.0 Å². The van der Waals surface area contributed by atoms with E-state index in [0.717, 1.165) is 37.0 Å². The van der Waals surface area contributed by atoms with Crippen LogP contribution in [0.5, 0.6) is 0 Å². The summed E-state index contributed by atoms with van der Waals surface area (Å²) in [6, 6.07) is 2.66. The molecule has 0 amide bonds. The Balaban J connectivity index is 1.89. The first-order valence-corrected chi connectivity index (χ1v) is 11.0. The van der Waals surface area contributed by atoms with Crippen molar-refractivity contribution in [2.75, 3.05) is 37.9 Å². The minimum absolute atomic E-state index is 0.125. The van der Waals surface area contributed by atoms with Crippen molar-refractivity contribution >= 4 is 28.1 Å². The highest BCUT2D eigenvalue weighted by atomic mass is 32.1. The zero-order valence-electron chi connectivity index (χ0n) is 17.3. The Bertz CT molecular complexity index is 859. The van der Waals surface area contributed by atoms with Gasteiger partial charge in [-0.3, -0.25) is 4.79 Å². The van der Waals surface area contributed by atoms with Gasteiger partial charge in [-0.05, 0) is 44.6 Å². The number of halogens is 2. The van der Waals surface area contributed by atoms with Crippen molar-refractivity contribution in [1.82, 2.24) is 9.88 Å². The molecule has 1 saturated carbocycles. The Morgan fingerprint density at radius 1 is 1.23 bits per heavy atom. The fraction of sp³-hybridized carbons (Fsp3) is 0.524. The largest absolute Gasteiger partial charge is 0.395 e. The quantitative estimate of drug-likeness (QED) is 0.516. The molecule has 2 aromatic rings. The molecule has 164 valence electrons. The van der Waals surface area contributed by atoms with Crippen LogP contribution in [0.3, 0.4) is 0 Å². The normalized spacial score (nSPS) is 14.9. The number of nitrogens with one attached hydrogen (secondary N) is 2. The second kappa shape index (κ2) is 10.3. The summed E-state index contributed by atoms with van der Waals surface area (Å²) in [5.41, 5.74) is -0.133. The molecule has 1 aliphatic rings. The average Bonchev–Trinajstić information content (AvgIpc) is 3.08. The molecule has 1 aromatic heterocycles. The number of hydrogen-bond acceptors (Lipinski definition) is 7. The highest BCUT2D eigenvalue weighted by molar-refractivity contribution is 7.18. The van der Waals surface area contributed by atoms with Gasteiger partial charge in [0.05, 0.1) is 12.2 Å². The van der Waals surface area contributed by atoms with Crippen molar-refractivity contribution in [2.24, 2.45) is 0 Å². The van der Waals surface area contributed by atoms with E-state index >= 15 is 0 Å². The number of aliphatic hydroxyl groups excluding tert-OH is 1. The summed E-state index contributed by atoms with van der Waals surface area (Å²) in [5, 5.41) is 15.9. The third-order valence-corrected chi connectivity index (χ3v) is 5.98. The molecule has 1 aromatic carbocycles. The Morgan fingerprint density at radius 2 is 1.90 bits per heavy atom. The minimum Gasteiger partial charge on any atom is -0.395 e. The standard InChI is InChI=1S/C21H28F2N4O2S/c1-27(2)12-13-10-15(22)17(16(23)11-13)18(29)19-20(24-8-9-28)26-21(30-19)25-14-6-4-3-5-7-14/h10-11,14,24,28H,3-9,12H2,1-2H3,(H,25,26). The molecule has 0 spiro atoms. The SMILES string of the molecule is CN(C)Cc1cc(F)c(C(=O)c2sc(NC3CCCCC3)nc2NCCO)c(F)c1. The lowest BCUT2D eigenvalue weighted by Crippen LogP contribution is -2.22. The van der Waals surface area contributed by atoms with Crippen molar-refractivity contribution in [3.05, 3.63) is 39.8 Å². The van der Waals surface area contributed by atoms with E-state index in [1.165, 1.54) is 18.6 Å². The van der Waals surface area contributed by atoms with Crippen molar-refractivity contribution < 1.29 is 18.7 Å². The number of hydrogen-bond donors (Lipinski definition) is 3. The maximum atomic E-state index is 14.7. The number of rotatable bonds is 9. The highest BCUT2D eigenvalue weighted by Crippen LogP contribution is 2.33. The van der Waals surface area contributed by atoms with Gasteiger partial charge in [0.1, 0.15) is 16.5 Å². The molecule has 1 heterocycles. The average molecular weight is 439 g/mol. The van der Waals surface area contributed by atoms with E-state index in [-0.39, 0.29) is 29.9 Å². The molecule has 1 aliphatic carbocycles. The van der Waals surface area contributed by atoms with Crippen molar-refractivity contribution in [3.8, 4) is 0 Å². The third kappa shape index (κ3) is 5.53. The molecule has 0 aliphatic heterocycles. The molecule has 30 heavy (non-hydrogen) atoms. The number of aromatic nitrogens is 1. The van der Waals surface area contributed by atoms with Crippen LogP contribution in [-0.4, -0.2) is 54.1 Å². The van der Waals surface area contributed by atoms with Gasteiger partial charge in [-0.2, -0.15) is 0 Å². The minimum atomic E-state index is -0.889. The van der Waals surface area contributed by atoms with E-state index in [9.17, 15) is 13.6 Å². The number of benzene rings is 1. The number of aliphatic hydroxyl groups is 1. The summed E-state index contributed by atoms with van der Waals surface area (Å²) in [6.07, 6.45) is 5.55. The Kier molecular flexibility index (Phi) is 7.74. The molecule has 0 atom stereocenters. The van der Waals surface area contributed by atoms with Gasteiger partial charge in [-0.25, -0.2) is 13.8 Å². The van der Waals surface area contributed by atoms with Crippen LogP contribution >= 0.6 is 11.3 Å². The molecular weight excluding hydrogens is 410 g/mol. The van der Waals surface area contributed by atoms with Crippen LogP contribution in [0.2, 0.25) is 0 Å². The van der Waals surface area contributed by atoms with Crippen LogP contribution in [0.4, 0.5) is 19.7 Å². The van der Waals surface area contributed by atoms with E-state index < -0.39 is 23.0 Å². The van der Waals surface area contributed by atoms with E-state index in [4.69, 9.17) is 5.11 Å². The lowest BCUT2D eigenvalue weighted by Gasteiger charge is -2.22.